The number of benzene rings is 1. The maximum Gasteiger partial charge on any atom is 0.160 e. The zero-order valence-electron chi connectivity index (χ0n) is 32.1. The van der Waals surface area contributed by atoms with Gasteiger partial charge in [0, 0.05) is 0 Å². The summed E-state index contributed by atoms with van der Waals surface area (Å²) in [4.78, 5) is 0. The van der Waals surface area contributed by atoms with Gasteiger partial charge in [-0.1, -0.05) is 114 Å². The molecule has 0 bridgehead atoms. The van der Waals surface area contributed by atoms with Crippen molar-refractivity contribution in [1.29, 1.82) is 0 Å². The summed E-state index contributed by atoms with van der Waals surface area (Å²) in [5, 5.41) is 11.0. The fourth-order valence-electron chi connectivity index (χ4n) is 9.77. The van der Waals surface area contributed by atoms with E-state index in [0.717, 1.165) is 48.0 Å². The normalized spacial score (nSPS) is 25.6. The Labute approximate surface area is 281 Å². The molecule has 3 nitrogen and oxygen atoms in total. The van der Waals surface area contributed by atoms with Crippen molar-refractivity contribution in [3.05, 3.63) is 23.8 Å². The summed E-state index contributed by atoms with van der Waals surface area (Å²) in [6.45, 7) is 24.4. The van der Waals surface area contributed by atoms with Gasteiger partial charge in [0.1, 0.15) is 0 Å². The Morgan fingerprint density at radius 1 is 0.844 bits per heavy atom. The molecule has 1 saturated carbocycles. The molecule has 1 N–H and O–H groups in total. The van der Waals surface area contributed by atoms with E-state index in [2.05, 4.69) is 87.4 Å². The number of methoxy groups -OCH3 is 2. The highest BCUT2D eigenvalue weighted by Gasteiger charge is 2.53. The van der Waals surface area contributed by atoms with Crippen molar-refractivity contribution in [3.8, 4) is 11.5 Å². The lowest BCUT2D eigenvalue weighted by Gasteiger charge is -2.57. The molecule has 0 heterocycles. The van der Waals surface area contributed by atoms with Gasteiger partial charge < -0.3 is 14.6 Å². The van der Waals surface area contributed by atoms with Crippen molar-refractivity contribution in [2.45, 2.75) is 172 Å². The van der Waals surface area contributed by atoms with Gasteiger partial charge in [-0.05, 0) is 121 Å². The van der Waals surface area contributed by atoms with E-state index in [1.54, 1.807) is 14.2 Å². The predicted molar refractivity (Wildman–Crippen MR) is 195 cm³/mol. The SMILES string of the molecule is CCCCC(CC)(CCCc1ccc(OC)c(OC)c1)CCC(C)C(C)CCC(C(C)CC)C1(C)CCC(O)C(C)(C)C1CC. The van der Waals surface area contributed by atoms with Crippen LogP contribution in [-0.4, -0.2) is 25.4 Å². The molecule has 1 aliphatic rings. The summed E-state index contributed by atoms with van der Waals surface area (Å²) in [7, 11) is 3.43. The zero-order chi connectivity index (χ0) is 33.8. The molecule has 1 fully saturated rings. The highest BCUT2D eigenvalue weighted by atomic mass is 16.5. The Kier molecular flexibility index (Phi) is 16.3. The first-order chi connectivity index (χ1) is 21.3. The second kappa shape index (κ2) is 18.4. The van der Waals surface area contributed by atoms with E-state index in [4.69, 9.17) is 9.47 Å². The van der Waals surface area contributed by atoms with Crippen LogP contribution in [0.25, 0.3) is 0 Å². The van der Waals surface area contributed by atoms with E-state index in [9.17, 15) is 5.11 Å². The molecule has 8 unspecified atom stereocenters. The first kappa shape index (κ1) is 40.0. The highest BCUT2D eigenvalue weighted by Crippen LogP contribution is 2.59. The minimum Gasteiger partial charge on any atom is -0.493 e. The second-order valence-electron chi connectivity index (χ2n) is 16.4. The van der Waals surface area contributed by atoms with E-state index in [-0.39, 0.29) is 11.5 Å². The van der Waals surface area contributed by atoms with Gasteiger partial charge in [-0.15, -0.1) is 0 Å². The van der Waals surface area contributed by atoms with E-state index in [0.29, 0.717) is 16.7 Å². The van der Waals surface area contributed by atoms with Gasteiger partial charge in [-0.3, -0.25) is 0 Å². The van der Waals surface area contributed by atoms with Crippen molar-refractivity contribution >= 4 is 0 Å². The average Bonchev–Trinajstić information content (AvgIpc) is 3.03. The maximum atomic E-state index is 11.0. The fraction of sp³-hybridized carbons (Fsp3) is 0.857. The number of rotatable bonds is 21. The molecule has 0 radical (unpaired) electrons. The second-order valence-corrected chi connectivity index (χ2v) is 16.4. The van der Waals surface area contributed by atoms with Crippen molar-refractivity contribution in [3.63, 3.8) is 0 Å². The molecular formula is C42H76O3. The topological polar surface area (TPSA) is 38.7 Å². The third-order valence-corrected chi connectivity index (χ3v) is 13.6. The Hall–Kier alpha value is -1.22. The Bertz CT molecular complexity index is 971. The van der Waals surface area contributed by atoms with Crippen molar-refractivity contribution < 1.29 is 14.6 Å². The molecule has 1 aromatic carbocycles. The van der Waals surface area contributed by atoms with Crippen LogP contribution in [0.4, 0.5) is 0 Å². The first-order valence-electron chi connectivity index (χ1n) is 19.2. The van der Waals surface area contributed by atoms with E-state index < -0.39 is 0 Å². The average molecular weight is 629 g/mol. The van der Waals surface area contributed by atoms with Crippen LogP contribution in [0.1, 0.15) is 165 Å². The van der Waals surface area contributed by atoms with Crippen LogP contribution < -0.4 is 9.47 Å². The Morgan fingerprint density at radius 3 is 2.07 bits per heavy atom. The smallest absolute Gasteiger partial charge is 0.160 e. The molecule has 0 saturated heterocycles. The fourth-order valence-corrected chi connectivity index (χ4v) is 9.77. The van der Waals surface area contributed by atoms with Gasteiger partial charge in [0.2, 0.25) is 0 Å². The number of aliphatic hydroxyl groups is 1. The molecule has 0 aliphatic heterocycles. The van der Waals surface area contributed by atoms with Gasteiger partial charge in [0.25, 0.3) is 0 Å². The first-order valence-corrected chi connectivity index (χ1v) is 19.2. The predicted octanol–water partition coefficient (Wildman–Crippen LogP) is 12.3. The summed E-state index contributed by atoms with van der Waals surface area (Å²) in [5.41, 5.74) is 2.10. The van der Waals surface area contributed by atoms with Gasteiger partial charge in [-0.25, -0.2) is 0 Å². The monoisotopic (exact) mass is 629 g/mol. The number of hydrogen-bond acceptors (Lipinski definition) is 3. The number of ether oxygens (including phenoxy) is 2. The Balaban J connectivity index is 2.07. The van der Waals surface area contributed by atoms with Crippen LogP contribution in [0, 0.1) is 45.8 Å². The summed E-state index contributed by atoms with van der Waals surface area (Å²) in [5.74, 6) is 5.17. The quantitative estimate of drug-likeness (QED) is 0.147. The molecule has 2 rings (SSSR count). The highest BCUT2D eigenvalue weighted by molar-refractivity contribution is 5.42. The molecule has 1 aromatic rings. The molecule has 8 atom stereocenters. The molecule has 262 valence electrons. The van der Waals surface area contributed by atoms with Gasteiger partial charge in [-0.2, -0.15) is 0 Å². The lowest BCUT2D eigenvalue weighted by atomic mass is 9.48. The largest absolute Gasteiger partial charge is 0.493 e. The molecule has 1 aliphatic carbocycles. The summed E-state index contributed by atoms with van der Waals surface area (Å²) < 4.78 is 11.0. The third-order valence-electron chi connectivity index (χ3n) is 13.6. The number of aliphatic hydroxyl groups excluding tert-OH is 1. The number of aryl methyl sites for hydroxylation is 1. The lowest BCUT2D eigenvalue weighted by molar-refractivity contribution is -0.129. The molecule has 0 spiro atoms. The van der Waals surface area contributed by atoms with E-state index in [1.165, 1.54) is 89.0 Å². The van der Waals surface area contributed by atoms with E-state index >= 15 is 0 Å². The summed E-state index contributed by atoms with van der Waals surface area (Å²) in [6.07, 6.45) is 18.7. The third kappa shape index (κ3) is 10.1. The standard InChI is InChI=1S/C42H76O3/c1-13-17-26-42(16-4,27-18-19-34-21-23-36(44-11)37(30-34)45-12)29-24-33(7)32(6)20-22-35(31(5)14-2)41(10)28-25-39(43)40(8,9)38(41)15-3/h21,23,30-33,35,38-39,43H,13-20,22,24-29H2,1-12H3. The summed E-state index contributed by atoms with van der Waals surface area (Å²) >= 11 is 0. The lowest BCUT2D eigenvalue weighted by Crippen LogP contribution is -2.53. The van der Waals surface area contributed by atoms with Gasteiger partial charge in [0.15, 0.2) is 11.5 Å². The van der Waals surface area contributed by atoms with Gasteiger partial charge in [0.05, 0.1) is 20.3 Å². The van der Waals surface area contributed by atoms with Crippen LogP contribution in [0.5, 0.6) is 11.5 Å². The minimum absolute atomic E-state index is 0.00617. The summed E-state index contributed by atoms with van der Waals surface area (Å²) in [6, 6.07) is 6.42. The minimum atomic E-state index is -0.169. The number of hydrogen-bond donors (Lipinski definition) is 1. The van der Waals surface area contributed by atoms with Crippen LogP contribution in [0.3, 0.4) is 0 Å². The van der Waals surface area contributed by atoms with Crippen LogP contribution >= 0.6 is 0 Å². The van der Waals surface area contributed by atoms with Crippen molar-refractivity contribution in [1.82, 2.24) is 0 Å². The maximum absolute atomic E-state index is 11.0. The Morgan fingerprint density at radius 2 is 1.49 bits per heavy atom. The van der Waals surface area contributed by atoms with E-state index in [1.807, 2.05) is 0 Å². The molecule has 3 heteroatoms. The number of unbranched alkanes of at least 4 members (excludes halogenated alkanes) is 1. The molecule has 45 heavy (non-hydrogen) atoms. The van der Waals surface area contributed by atoms with Crippen LogP contribution in [-0.2, 0) is 6.42 Å². The van der Waals surface area contributed by atoms with Crippen molar-refractivity contribution in [2.75, 3.05) is 14.2 Å². The molecule has 0 aromatic heterocycles. The van der Waals surface area contributed by atoms with Crippen molar-refractivity contribution in [2.24, 2.45) is 45.8 Å². The van der Waals surface area contributed by atoms with Gasteiger partial charge >= 0.3 is 0 Å². The molecular weight excluding hydrogens is 552 g/mol. The van der Waals surface area contributed by atoms with Crippen LogP contribution in [0.2, 0.25) is 0 Å². The molecule has 0 amide bonds. The zero-order valence-corrected chi connectivity index (χ0v) is 32.1. The van der Waals surface area contributed by atoms with Crippen LogP contribution in [0.15, 0.2) is 18.2 Å².